The highest BCUT2D eigenvalue weighted by atomic mass is 35.5. The molecule has 0 aliphatic carbocycles. The van der Waals surface area contributed by atoms with Gasteiger partial charge in [0.15, 0.2) is 0 Å². The smallest absolute Gasteiger partial charge is 0.235 e. The fourth-order valence-corrected chi connectivity index (χ4v) is 4.63. The number of piperidine rings is 1. The third-order valence-corrected chi connectivity index (χ3v) is 6.43. The van der Waals surface area contributed by atoms with E-state index in [1.807, 2.05) is 36.1 Å². The summed E-state index contributed by atoms with van der Waals surface area (Å²) < 4.78 is 18.9. The van der Waals surface area contributed by atoms with Crippen LogP contribution in [-0.4, -0.2) is 39.3 Å². The van der Waals surface area contributed by atoms with Gasteiger partial charge in [-0.05, 0) is 56.2 Å². The third kappa shape index (κ3) is 4.84. The van der Waals surface area contributed by atoms with Crippen molar-refractivity contribution in [2.45, 2.75) is 35.8 Å². The molecule has 2 unspecified atom stereocenters. The Morgan fingerprint density at radius 2 is 2.10 bits per heavy atom. The highest BCUT2D eigenvalue weighted by Crippen LogP contribution is 2.31. The van der Waals surface area contributed by atoms with Gasteiger partial charge in [0.2, 0.25) is 17.6 Å². The van der Waals surface area contributed by atoms with Gasteiger partial charge in [-0.2, -0.15) is 4.98 Å². The van der Waals surface area contributed by atoms with Gasteiger partial charge in [0, 0.05) is 28.6 Å². The van der Waals surface area contributed by atoms with Crippen molar-refractivity contribution in [3.05, 3.63) is 65.3 Å². The lowest BCUT2D eigenvalue weighted by Crippen LogP contribution is -2.42. The van der Waals surface area contributed by atoms with Crippen LogP contribution in [0, 0.1) is 5.82 Å². The third-order valence-electron chi connectivity index (χ3n) is 5.08. The number of hydrogen-bond acceptors (Lipinski definition) is 5. The minimum Gasteiger partial charge on any atom is -0.341 e. The topological polar surface area (TPSA) is 59.2 Å². The van der Waals surface area contributed by atoms with E-state index in [-0.39, 0.29) is 22.9 Å². The van der Waals surface area contributed by atoms with Crippen LogP contribution in [0.4, 0.5) is 4.39 Å². The molecule has 1 amide bonds. The van der Waals surface area contributed by atoms with E-state index in [4.69, 9.17) is 16.1 Å². The lowest BCUT2D eigenvalue weighted by Gasteiger charge is -2.32. The van der Waals surface area contributed by atoms with Gasteiger partial charge >= 0.3 is 0 Å². The molecule has 4 rings (SSSR count). The molecule has 5 nitrogen and oxygen atoms in total. The number of rotatable bonds is 5. The van der Waals surface area contributed by atoms with Gasteiger partial charge < -0.3 is 9.42 Å². The molecule has 2 heterocycles. The predicted octanol–water partition coefficient (Wildman–Crippen LogP) is 5.42. The van der Waals surface area contributed by atoms with E-state index >= 15 is 0 Å². The maximum Gasteiger partial charge on any atom is 0.235 e. The van der Waals surface area contributed by atoms with Gasteiger partial charge in [-0.3, -0.25) is 4.79 Å². The molecule has 1 aliphatic heterocycles. The van der Waals surface area contributed by atoms with Crippen LogP contribution in [-0.2, 0) is 4.79 Å². The first-order chi connectivity index (χ1) is 14.5. The second-order valence-electron chi connectivity index (χ2n) is 7.30. The van der Waals surface area contributed by atoms with Gasteiger partial charge in [-0.15, -0.1) is 11.8 Å². The molecule has 0 bridgehead atoms. The van der Waals surface area contributed by atoms with Crippen molar-refractivity contribution in [2.24, 2.45) is 0 Å². The number of nitrogens with zero attached hydrogens (tertiary/aromatic N) is 3. The number of aromatic nitrogens is 2. The van der Waals surface area contributed by atoms with Gasteiger partial charge in [-0.1, -0.05) is 28.9 Å². The Bertz CT molecular complexity index is 1030. The standard InChI is InChI=1S/C22H21ClFN3O2S/c1-14(30-19-9-7-17(23)8-10-19)22(28)27-11-3-5-16(13-27)21-25-20(26-29-21)15-4-2-6-18(24)12-15/h2,4,6-10,12,14,16H,3,5,11,13H2,1H3. The number of carbonyl (C=O) groups excluding carboxylic acids is 1. The number of thioether (sulfide) groups is 1. The molecule has 0 N–H and O–H groups in total. The summed E-state index contributed by atoms with van der Waals surface area (Å²) in [4.78, 5) is 20.3. The average molecular weight is 446 g/mol. The summed E-state index contributed by atoms with van der Waals surface area (Å²) >= 11 is 7.45. The van der Waals surface area contributed by atoms with Crippen LogP contribution in [0.15, 0.2) is 57.9 Å². The molecular formula is C22H21ClFN3O2S. The zero-order valence-electron chi connectivity index (χ0n) is 16.4. The number of benzene rings is 2. The van der Waals surface area contributed by atoms with Crippen LogP contribution in [0.2, 0.25) is 5.02 Å². The van der Waals surface area contributed by atoms with E-state index < -0.39 is 0 Å². The van der Waals surface area contributed by atoms with Crippen molar-refractivity contribution in [3.8, 4) is 11.4 Å². The Balaban J connectivity index is 1.41. The quantitative estimate of drug-likeness (QED) is 0.491. The van der Waals surface area contributed by atoms with Crippen molar-refractivity contribution in [1.82, 2.24) is 15.0 Å². The number of halogens is 2. The van der Waals surface area contributed by atoms with Crippen LogP contribution >= 0.6 is 23.4 Å². The SMILES string of the molecule is CC(Sc1ccc(Cl)cc1)C(=O)N1CCCC(c2nc(-c3cccc(F)c3)no2)C1. The molecule has 1 saturated heterocycles. The highest BCUT2D eigenvalue weighted by Gasteiger charge is 2.31. The summed E-state index contributed by atoms with van der Waals surface area (Å²) in [5.41, 5.74) is 0.571. The van der Waals surface area contributed by atoms with Crippen molar-refractivity contribution in [2.75, 3.05) is 13.1 Å². The van der Waals surface area contributed by atoms with E-state index in [9.17, 15) is 9.18 Å². The fraction of sp³-hybridized carbons (Fsp3) is 0.318. The predicted molar refractivity (Wildman–Crippen MR) is 115 cm³/mol. The minimum absolute atomic E-state index is 0.0229. The van der Waals surface area contributed by atoms with E-state index in [1.54, 1.807) is 12.1 Å². The molecule has 3 aromatic rings. The van der Waals surface area contributed by atoms with Gasteiger partial charge in [0.05, 0.1) is 11.2 Å². The second-order valence-corrected chi connectivity index (χ2v) is 9.15. The maximum absolute atomic E-state index is 13.5. The van der Waals surface area contributed by atoms with Crippen molar-refractivity contribution >= 4 is 29.3 Å². The maximum atomic E-state index is 13.5. The Kier molecular flexibility index (Phi) is 6.39. The lowest BCUT2D eigenvalue weighted by atomic mass is 9.97. The van der Waals surface area contributed by atoms with Crippen LogP contribution < -0.4 is 0 Å². The Morgan fingerprint density at radius 3 is 2.87 bits per heavy atom. The summed E-state index contributed by atoms with van der Waals surface area (Å²) in [7, 11) is 0. The summed E-state index contributed by atoms with van der Waals surface area (Å²) in [6.45, 7) is 3.17. The Morgan fingerprint density at radius 1 is 1.30 bits per heavy atom. The lowest BCUT2D eigenvalue weighted by molar-refractivity contribution is -0.131. The molecule has 30 heavy (non-hydrogen) atoms. The van der Waals surface area contributed by atoms with Gasteiger partial charge in [0.1, 0.15) is 5.82 Å². The van der Waals surface area contributed by atoms with Crippen molar-refractivity contribution in [3.63, 3.8) is 0 Å². The van der Waals surface area contributed by atoms with E-state index in [0.29, 0.717) is 35.4 Å². The van der Waals surface area contributed by atoms with Gasteiger partial charge in [-0.25, -0.2) is 4.39 Å². The molecule has 1 fully saturated rings. The zero-order chi connectivity index (χ0) is 21.1. The van der Waals surface area contributed by atoms with Gasteiger partial charge in [0.25, 0.3) is 0 Å². The van der Waals surface area contributed by atoms with Crippen LogP contribution in [0.1, 0.15) is 31.6 Å². The molecule has 2 atom stereocenters. The number of hydrogen-bond donors (Lipinski definition) is 0. The van der Waals surface area contributed by atoms with Crippen LogP contribution in [0.3, 0.4) is 0 Å². The fourth-order valence-electron chi connectivity index (χ4n) is 3.55. The molecule has 156 valence electrons. The average Bonchev–Trinajstić information content (AvgIpc) is 3.25. The molecule has 1 aromatic heterocycles. The minimum atomic E-state index is -0.347. The normalized spacial score (nSPS) is 17.7. The largest absolute Gasteiger partial charge is 0.341 e. The second kappa shape index (κ2) is 9.18. The monoisotopic (exact) mass is 445 g/mol. The molecule has 1 aliphatic rings. The van der Waals surface area contributed by atoms with Crippen molar-refractivity contribution < 1.29 is 13.7 Å². The number of amides is 1. The molecule has 0 spiro atoms. The summed E-state index contributed by atoms with van der Waals surface area (Å²) in [5, 5.41) is 4.46. The molecule has 2 aromatic carbocycles. The van der Waals surface area contributed by atoms with Crippen molar-refractivity contribution in [1.29, 1.82) is 0 Å². The van der Waals surface area contributed by atoms with Crippen LogP contribution in [0.25, 0.3) is 11.4 Å². The van der Waals surface area contributed by atoms with Crippen LogP contribution in [0.5, 0.6) is 0 Å². The Labute approximate surface area is 183 Å². The number of carbonyl (C=O) groups is 1. The molecule has 8 heteroatoms. The van der Waals surface area contributed by atoms with E-state index in [1.165, 1.54) is 23.9 Å². The van der Waals surface area contributed by atoms with E-state index in [0.717, 1.165) is 17.7 Å². The summed E-state index contributed by atoms with van der Waals surface area (Å²) in [6.07, 6.45) is 1.74. The summed E-state index contributed by atoms with van der Waals surface area (Å²) in [6, 6.07) is 13.6. The van der Waals surface area contributed by atoms with E-state index in [2.05, 4.69) is 10.1 Å². The zero-order valence-corrected chi connectivity index (χ0v) is 18.0. The molecular weight excluding hydrogens is 425 g/mol. The highest BCUT2D eigenvalue weighted by molar-refractivity contribution is 8.00. The molecule has 0 radical (unpaired) electrons. The summed E-state index contributed by atoms with van der Waals surface area (Å²) in [5.74, 6) is 0.569. The first-order valence-corrected chi connectivity index (χ1v) is 11.1. The first-order valence-electron chi connectivity index (χ1n) is 9.80. The molecule has 0 saturated carbocycles. The first kappa shape index (κ1) is 20.9. The Hall–Kier alpha value is -2.38. The number of likely N-dealkylation sites (tertiary alicyclic amines) is 1.